The van der Waals surface area contributed by atoms with E-state index < -0.39 is 102 Å². The third-order valence-corrected chi connectivity index (χ3v) is 9.74. The highest BCUT2D eigenvalue weighted by Crippen LogP contribution is 2.52. The molecule has 1 amide bonds. The average molecular weight is 753 g/mol. The molecule has 2 saturated heterocycles. The number of Topliss-reactive ketones (excluding diaryl/α,β-unsaturated/α-hetero) is 1. The Morgan fingerprint density at radius 3 is 2.23 bits per heavy atom. The number of carbonyl (C=O) groups excluding carboxylic acids is 2. The van der Waals surface area contributed by atoms with E-state index in [1.54, 1.807) is 4.90 Å². The van der Waals surface area contributed by atoms with Crippen molar-refractivity contribution in [1.82, 2.24) is 19.7 Å². The highest BCUT2D eigenvalue weighted by molar-refractivity contribution is 5.94. The Bertz CT molecular complexity index is 2090. The van der Waals surface area contributed by atoms with E-state index in [2.05, 4.69) is 10.1 Å². The molecule has 2 N–H and O–H groups in total. The number of hydrogen-bond donors (Lipinski definition) is 1. The fourth-order valence-electron chi connectivity index (χ4n) is 7.25. The summed E-state index contributed by atoms with van der Waals surface area (Å²) in [6, 6.07) is 5.95. The summed E-state index contributed by atoms with van der Waals surface area (Å²) < 4.78 is 136. The van der Waals surface area contributed by atoms with Gasteiger partial charge in [-0.3, -0.25) is 14.3 Å². The minimum atomic E-state index is -4.07. The molecule has 2 aromatic carbocycles. The van der Waals surface area contributed by atoms with Crippen LogP contribution in [-0.2, 0) is 34.3 Å². The third-order valence-electron chi connectivity index (χ3n) is 9.74. The Labute approximate surface area is 294 Å². The fourth-order valence-corrected chi connectivity index (χ4v) is 7.25. The zero-order valence-electron chi connectivity index (χ0n) is 27.5. The van der Waals surface area contributed by atoms with E-state index in [0.717, 1.165) is 24.3 Å². The smallest absolute Gasteiger partial charge is 0.290 e. The Kier molecular flexibility index (Phi) is 9.01. The van der Waals surface area contributed by atoms with Crippen molar-refractivity contribution in [3.8, 4) is 11.1 Å². The van der Waals surface area contributed by atoms with Gasteiger partial charge in [0, 0.05) is 56.1 Å². The van der Waals surface area contributed by atoms with E-state index in [4.69, 9.17) is 15.5 Å². The van der Waals surface area contributed by atoms with Gasteiger partial charge < -0.3 is 15.4 Å². The molecule has 1 aliphatic carbocycles. The number of anilines is 1. The summed E-state index contributed by atoms with van der Waals surface area (Å²) in [5.41, 5.74) is 0.434. The standard InChI is InChI=1S/C35H29F9N6O3/c36-20-6-17(7-21(37)10-20)5-19(8-22(51)12-50-29-26(28(48-50)30(39)40)34(41,42)3-4-35(29,43)44)27-24(18-1-2-25(38)23(9-18)31(45)52)11-46-32(47-27)49-13-33(14-49)15-53-16-33/h1-2,6-7,9-11,19,30H,3-5,8,12-16H2,(H2,45,52)/t19-/m1/s1. The maximum atomic E-state index is 15.1. The maximum absolute atomic E-state index is 15.1. The maximum Gasteiger partial charge on any atom is 0.290 e. The van der Waals surface area contributed by atoms with E-state index in [0.29, 0.717) is 32.4 Å². The summed E-state index contributed by atoms with van der Waals surface area (Å²) in [5.74, 6) is -14.0. The zero-order valence-corrected chi connectivity index (χ0v) is 27.5. The van der Waals surface area contributed by atoms with Crippen molar-refractivity contribution in [3.05, 3.63) is 93.8 Å². The largest absolute Gasteiger partial charge is 0.380 e. The van der Waals surface area contributed by atoms with Crippen LogP contribution < -0.4 is 10.6 Å². The van der Waals surface area contributed by atoms with Crippen molar-refractivity contribution in [1.29, 1.82) is 0 Å². The minimum absolute atomic E-state index is 0.0282. The molecule has 0 radical (unpaired) electrons. The molecule has 0 saturated carbocycles. The Morgan fingerprint density at radius 2 is 1.60 bits per heavy atom. The first kappa shape index (κ1) is 36.4. The first-order chi connectivity index (χ1) is 24.9. The van der Waals surface area contributed by atoms with Gasteiger partial charge in [-0.05, 0) is 41.8 Å². The second-order valence-corrected chi connectivity index (χ2v) is 13.8. The Morgan fingerprint density at radius 1 is 0.925 bits per heavy atom. The number of amides is 1. The molecule has 9 nitrogen and oxygen atoms in total. The van der Waals surface area contributed by atoms with Crippen LogP contribution in [0.4, 0.5) is 45.5 Å². The SMILES string of the molecule is NC(=O)c1cc(-c2cnc(N3CC4(COC4)C3)nc2[C@@H](CC(=O)Cn2nc(C(F)F)c3c2C(F)(F)CCC3(F)F)Cc2cc(F)cc(F)c2)ccc1F. The number of primary amides is 1. The van der Waals surface area contributed by atoms with Gasteiger partial charge in [0.2, 0.25) is 5.95 Å². The van der Waals surface area contributed by atoms with Gasteiger partial charge in [0.15, 0.2) is 5.78 Å². The monoisotopic (exact) mass is 752 g/mol. The number of fused-ring (bicyclic) bond motifs is 1. The molecule has 0 unspecified atom stereocenters. The number of ether oxygens (including phenoxy) is 1. The summed E-state index contributed by atoms with van der Waals surface area (Å²) >= 11 is 0. The quantitative estimate of drug-likeness (QED) is 0.172. The Balaban J connectivity index is 1.32. The lowest BCUT2D eigenvalue weighted by molar-refractivity contribution is -0.127. The molecule has 4 heterocycles. The highest BCUT2D eigenvalue weighted by Gasteiger charge is 2.55. The summed E-state index contributed by atoms with van der Waals surface area (Å²) in [4.78, 5) is 36.8. The van der Waals surface area contributed by atoms with Gasteiger partial charge in [0.05, 0.1) is 35.4 Å². The van der Waals surface area contributed by atoms with E-state index in [9.17, 15) is 40.3 Å². The van der Waals surface area contributed by atoms with Gasteiger partial charge in [0.25, 0.3) is 24.2 Å². The van der Waals surface area contributed by atoms with Crippen molar-refractivity contribution >= 4 is 17.6 Å². The molecule has 1 spiro atoms. The first-order valence-electron chi connectivity index (χ1n) is 16.4. The van der Waals surface area contributed by atoms with Crippen molar-refractivity contribution in [2.75, 3.05) is 31.2 Å². The van der Waals surface area contributed by atoms with Crippen molar-refractivity contribution in [2.24, 2.45) is 11.1 Å². The van der Waals surface area contributed by atoms with Crippen LogP contribution in [0, 0.1) is 22.9 Å². The number of hydrogen-bond acceptors (Lipinski definition) is 7. The van der Waals surface area contributed by atoms with Gasteiger partial charge in [-0.25, -0.2) is 40.7 Å². The lowest BCUT2D eigenvalue weighted by Crippen LogP contribution is -2.66. The predicted molar refractivity (Wildman–Crippen MR) is 168 cm³/mol. The highest BCUT2D eigenvalue weighted by atomic mass is 19.3. The van der Waals surface area contributed by atoms with Crippen LogP contribution in [0.1, 0.15) is 70.2 Å². The molecular formula is C35H29F9N6O3. The lowest BCUT2D eigenvalue weighted by Gasteiger charge is -2.54. The molecular weight excluding hydrogens is 723 g/mol. The minimum Gasteiger partial charge on any atom is -0.380 e. The molecule has 4 aromatic rings. The van der Waals surface area contributed by atoms with Gasteiger partial charge in [-0.15, -0.1) is 0 Å². The molecule has 1 atom stereocenters. The zero-order chi connectivity index (χ0) is 38.0. The van der Waals surface area contributed by atoms with Crippen LogP contribution in [-0.4, -0.2) is 57.7 Å². The molecule has 0 bridgehead atoms. The van der Waals surface area contributed by atoms with E-state index >= 15 is 8.78 Å². The van der Waals surface area contributed by atoms with Gasteiger partial charge >= 0.3 is 0 Å². The average Bonchev–Trinajstić information content (AvgIpc) is 3.43. The van der Waals surface area contributed by atoms with Crippen molar-refractivity contribution in [2.45, 2.75) is 56.4 Å². The molecule has 53 heavy (non-hydrogen) atoms. The fraction of sp³-hybridized carbons (Fsp3) is 0.400. The van der Waals surface area contributed by atoms with Crippen molar-refractivity contribution in [3.63, 3.8) is 0 Å². The summed E-state index contributed by atoms with van der Waals surface area (Å²) in [6.45, 7) is 0.888. The second-order valence-electron chi connectivity index (χ2n) is 13.8. The van der Waals surface area contributed by atoms with Crippen LogP contribution in [0.15, 0.2) is 42.6 Å². The predicted octanol–water partition coefficient (Wildman–Crippen LogP) is 6.59. The number of nitrogens with zero attached hydrogens (tertiary/aromatic N) is 5. The third kappa shape index (κ3) is 6.84. The molecule has 18 heteroatoms. The van der Waals surface area contributed by atoms with E-state index in [1.807, 2.05) is 0 Å². The summed E-state index contributed by atoms with van der Waals surface area (Å²) in [6.07, 6.45) is -6.11. The number of aromatic nitrogens is 4. The van der Waals surface area contributed by atoms with Crippen LogP contribution >= 0.6 is 0 Å². The van der Waals surface area contributed by atoms with Crippen molar-refractivity contribution < 1.29 is 53.8 Å². The van der Waals surface area contributed by atoms with Crippen LogP contribution in [0.5, 0.6) is 0 Å². The van der Waals surface area contributed by atoms with Crippen LogP contribution in [0.3, 0.4) is 0 Å². The van der Waals surface area contributed by atoms with Gasteiger partial charge in [-0.2, -0.15) is 13.9 Å². The topological polar surface area (TPSA) is 116 Å². The van der Waals surface area contributed by atoms with E-state index in [1.165, 1.54) is 12.3 Å². The number of nitrogens with two attached hydrogens (primary N) is 1. The molecule has 2 fully saturated rings. The number of alkyl halides is 6. The number of ketones is 1. The molecule has 280 valence electrons. The lowest BCUT2D eigenvalue weighted by atomic mass is 9.78. The molecule has 7 rings (SSSR count). The second kappa shape index (κ2) is 13.1. The number of benzene rings is 2. The van der Waals surface area contributed by atoms with Gasteiger partial charge in [0.1, 0.15) is 35.4 Å². The Hall–Kier alpha value is -5.00. The molecule has 3 aliphatic rings. The summed E-state index contributed by atoms with van der Waals surface area (Å²) in [7, 11) is 0. The van der Waals surface area contributed by atoms with Gasteiger partial charge in [-0.1, -0.05) is 6.07 Å². The van der Waals surface area contributed by atoms with E-state index in [-0.39, 0.29) is 44.9 Å². The van der Waals surface area contributed by atoms with Crippen LogP contribution in [0.2, 0.25) is 0 Å². The molecule has 2 aromatic heterocycles. The number of rotatable bonds is 11. The normalized spacial score (nSPS) is 18.7. The molecule has 2 aliphatic heterocycles. The first-order valence-corrected chi connectivity index (χ1v) is 16.4. The summed E-state index contributed by atoms with van der Waals surface area (Å²) in [5, 5.41) is 3.36. The van der Waals surface area contributed by atoms with Crippen LogP contribution in [0.25, 0.3) is 11.1 Å². The number of carbonyl (C=O) groups is 2. The number of halogens is 9.